The highest BCUT2D eigenvalue weighted by Gasteiger charge is 2.44. The third kappa shape index (κ3) is 13.6. The van der Waals surface area contributed by atoms with Gasteiger partial charge in [0.1, 0.15) is 23.7 Å². The second-order valence-electron chi connectivity index (χ2n) is 21.1. The van der Waals surface area contributed by atoms with Gasteiger partial charge in [-0.15, -0.1) is 11.3 Å². The number of nitrogens with zero attached hydrogens (tertiary/aromatic N) is 5. The van der Waals surface area contributed by atoms with Crippen molar-refractivity contribution in [3.8, 4) is 10.4 Å². The summed E-state index contributed by atoms with van der Waals surface area (Å²) in [5, 5.41) is 33.6. The smallest absolute Gasteiger partial charge is 0.258 e. The van der Waals surface area contributed by atoms with E-state index in [1.54, 1.807) is 43.7 Å². The van der Waals surface area contributed by atoms with Gasteiger partial charge in [0.15, 0.2) is 5.82 Å². The van der Waals surface area contributed by atoms with Crippen molar-refractivity contribution in [2.24, 2.45) is 5.41 Å². The lowest BCUT2D eigenvalue weighted by Gasteiger charge is -2.36. The zero-order chi connectivity index (χ0) is 54.4. The molecule has 6 aromatic rings. The van der Waals surface area contributed by atoms with Crippen LogP contribution in [0.4, 0.5) is 26.0 Å². The minimum atomic E-state index is -1.06. The summed E-state index contributed by atoms with van der Waals surface area (Å²) in [6.45, 7) is 10.6. The molecule has 3 aliphatic rings. The highest BCUT2D eigenvalue weighted by Crippen LogP contribution is 2.32. The minimum Gasteiger partial charge on any atom is -0.391 e. The number of piperazine rings is 1. The fraction of sp³-hybridized carbons (Fsp3) is 0.411. The second-order valence-corrected chi connectivity index (χ2v) is 22.0. The van der Waals surface area contributed by atoms with Crippen LogP contribution in [0.5, 0.6) is 0 Å². The maximum Gasteiger partial charge on any atom is 0.258 e. The maximum absolute atomic E-state index is 14.2. The Morgan fingerprint density at radius 2 is 1.60 bits per heavy atom. The van der Waals surface area contributed by atoms with Gasteiger partial charge in [0.2, 0.25) is 23.6 Å². The Hall–Kier alpha value is -7.33. The number of β-amino-alcohol motifs (C(OH)–C–C–N with tert-alkyl or cyclic N) is 1. The molecule has 0 spiro atoms. The predicted molar refractivity (Wildman–Crippen MR) is 290 cm³/mol. The van der Waals surface area contributed by atoms with Crippen molar-refractivity contribution in [2.75, 3.05) is 74.6 Å². The number of carbonyl (C=O) groups excluding carboxylic acids is 5. The fourth-order valence-corrected chi connectivity index (χ4v) is 10.9. The molecular formula is C56H65F2N11O7S. The molecule has 0 aliphatic carbocycles. The number of H-pyrrole nitrogens is 1. The van der Waals surface area contributed by atoms with Gasteiger partial charge < -0.3 is 46.2 Å². The number of nitrogens with one attached hydrogen (secondary N) is 6. The van der Waals surface area contributed by atoms with Crippen molar-refractivity contribution in [3.05, 3.63) is 124 Å². The van der Waals surface area contributed by atoms with Crippen LogP contribution in [0.3, 0.4) is 0 Å². The summed E-state index contributed by atoms with van der Waals surface area (Å²) in [4.78, 5) is 79.4. The van der Waals surface area contributed by atoms with E-state index in [2.05, 4.69) is 46.7 Å². The number of rotatable bonds is 17. The Bertz CT molecular complexity index is 3090. The van der Waals surface area contributed by atoms with Gasteiger partial charge in [-0.3, -0.25) is 34.0 Å². The van der Waals surface area contributed by atoms with Crippen LogP contribution in [0.15, 0.2) is 84.4 Å². The number of hydrogen-bond donors (Lipinski definition) is 7. The number of aliphatic hydroxyl groups excluding tert-OH is 1. The van der Waals surface area contributed by atoms with Gasteiger partial charge in [-0.1, -0.05) is 51.1 Å². The van der Waals surface area contributed by atoms with Gasteiger partial charge in [-0.2, -0.15) is 5.10 Å². The van der Waals surface area contributed by atoms with E-state index in [4.69, 9.17) is 4.74 Å². The van der Waals surface area contributed by atoms with E-state index in [-0.39, 0.29) is 56.9 Å². The molecule has 3 aliphatic heterocycles. The van der Waals surface area contributed by atoms with Crippen LogP contribution < -0.4 is 31.5 Å². The third-order valence-electron chi connectivity index (χ3n) is 14.3. The molecule has 3 fully saturated rings. The number of carbonyl (C=O) groups is 5. The average Bonchev–Trinajstić information content (AvgIpc) is 4.14. The maximum atomic E-state index is 14.2. The zero-order valence-corrected chi connectivity index (χ0v) is 44.4. The monoisotopic (exact) mass is 1070 g/mol. The molecule has 18 nitrogen and oxygen atoms in total. The van der Waals surface area contributed by atoms with E-state index in [9.17, 15) is 37.9 Å². The average molecular weight is 1070 g/mol. The molecule has 77 heavy (non-hydrogen) atoms. The topological polar surface area (TPSA) is 226 Å². The van der Waals surface area contributed by atoms with Crippen molar-refractivity contribution in [3.63, 3.8) is 0 Å². The fourth-order valence-electron chi connectivity index (χ4n) is 10.1. The molecule has 5 heterocycles. The quantitative estimate of drug-likeness (QED) is 0.0580. The van der Waals surface area contributed by atoms with E-state index in [0.717, 1.165) is 51.9 Å². The second kappa shape index (κ2) is 23.9. The van der Waals surface area contributed by atoms with Crippen LogP contribution >= 0.6 is 11.3 Å². The molecule has 21 heteroatoms. The number of thiazole rings is 1. The molecule has 5 amide bonds. The van der Waals surface area contributed by atoms with Crippen molar-refractivity contribution < 1.29 is 42.6 Å². The van der Waals surface area contributed by atoms with Crippen molar-refractivity contribution in [2.45, 2.75) is 84.2 Å². The van der Waals surface area contributed by atoms with Gasteiger partial charge >= 0.3 is 0 Å². The number of anilines is 3. The molecule has 0 radical (unpaired) electrons. The van der Waals surface area contributed by atoms with Crippen LogP contribution in [0.2, 0.25) is 0 Å². The van der Waals surface area contributed by atoms with E-state index in [0.29, 0.717) is 72.9 Å². The number of benzene rings is 4. The van der Waals surface area contributed by atoms with Gasteiger partial charge in [0, 0.05) is 87.8 Å². The summed E-state index contributed by atoms with van der Waals surface area (Å²) in [7, 11) is 0. The number of amides is 5. The Morgan fingerprint density at radius 3 is 2.30 bits per heavy atom. The first-order chi connectivity index (χ1) is 36.9. The van der Waals surface area contributed by atoms with E-state index in [1.165, 1.54) is 17.0 Å². The SMILES string of the molecule is Cc1ncsc1-c1ccc(CNC(=O)[C@@H]2C[C@@H](O)CN2C(=O)C(NC(=O)CNC(=O)CN2CCN(c3ccc(C(=O)Nc4n[nH]c5ccc(Cc6cc(F)cc(F)c6)cc45)c(NC4CCOCC4)c3)CC2)C(C)(C)C)cc1. The highest BCUT2D eigenvalue weighted by atomic mass is 32.1. The zero-order valence-electron chi connectivity index (χ0n) is 43.6. The van der Waals surface area contributed by atoms with Crippen molar-refractivity contribution >= 4 is 69.0 Å². The van der Waals surface area contributed by atoms with Gasteiger partial charge in [0.25, 0.3) is 5.91 Å². The van der Waals surface area contributed by atoms with E-state index in [1.807, 2.05) is 66.4 Å². The minimum absolute atomic E-state index is 0.0452. The molecule has 7 N–H and O–H groups in total. The number of ether oxygens (including phenoxy) is 1. The molecule has 0 bridgehead atoms. The third-order valence-corrected chi connectivity index (χ3v) is 15.3. The van der Waals surface area contributed by atoms with Crippen LogP contribution in [0.25, 0.3) is 21.3 Å². The number of aromatic amines is 1. The highest BCUT2D eigenvalue weighted by molar-refractivity contribution is 7.13. The Kier molecular flexibility index (Phi) is 16.9. The van der Waals surface area contributed by atoms with Gasteiger partial charge in [-0.25, -0.2) is 13.8 Å². The lowest BCUT2D eigenvalue weighted by atomic mass is 9.85. The van der Waals surface area contributed by atoms with Crippen LogP contribution in [-0.4, -0.2) is 143 Å². The van der Waals surface area contributed by atoms with Crippen LogP contribution in [-0.2, 0) is 36.9 Å². The summed E-state index contributed by atoms with van der Waals surface area (Å²) in [6, 6.07) is 20.4. The first kappa shape index (κ1) is 54.5. The summed E-state index contributed by atoms with van der Waals surface area (Å²) in [5.74, 6) is -3.21. The van der Waals surface area contributed by atoms with Crippen molar-refractivity contribution in [1.82, 2.24) is 40.9 Å². The number of halogens is 2. The molecule has 406 valence electrons. The number of aliphatic hydroxyl groups is 1. The number of aryl methyl sites for hydroxylation is 1. The van der Waals surface area contributed by atoms with E-state index < -0.39 is 53.0 Å². The number of hydrogen-bond acceptors (Lipinski definition) is 13. The summed E-state index contributed by atoms with van der Waals surface area (Å²) < 4.78 is 33.5. The first-order valence-corrected chi connectivity index (χ1v) is 26.8. The summed E-state index contributed by atoms with van der Waals surface area (Å²) >= 11 is 1.56. The number of aromatic nitrogens is 3. The molecule has 1 unspecified atom stereocenters. The molecular weight excluding hydrogens is 1010 g/mol. The molecule has 4 aromatic carbocycles. The Balaban J connectivity index is 0.768. The predicted octanol–water partition coefficient (Wildman–Crippen LogP) is 5.75. The molecule has 0 saturated carbocycles. The normalized spacial score (nSPS) is 17.8. The Morgan fingerprint density at radius 1 is 0.870 bits per heavy atom. The molecule has 3 atom stereocenters. The first-order valence-electron chi connectivity index (χ1n) is 25.9. The lowest BCUT2D eigenvalue weighted by molar-refractivity contribution is -0.144. The summed E-state index contributed by atoms with van der Waals surface area (Å²) in [6.07, 6.45) is 0.941. The van der Waals surface area contributed by atoms with E-state index >= 15 is 0 Å². The van der Waals surface area contributed by atoms with Gasteiger partial charge in [-0.05, 0) is 96.3 Å². The van der Waals surface area contributed by atoms with Crippen molar-refractivity contribution in [1.29, 1.82) is 0 Å². The standard InChI is InChI=1S/C56H65F2N11O7S/c1-33-50(77-32-61-33)37-8-5-34(6-9-37)28-60-54(74)47-27-42(70)30-69(47)55(75)51(56(2,3)4)63-48(71)29-59-49(72)31-67-15-17-68(18-16-67)41-10-11-43(46(26-41)62-40-13-19-76-20-14-40)53(73)64-52-44-24-35(7-12-45(44)65-66-52)21-36-22-38(57)25-39(58)23-36/h5-12,22-26,32,40,42,47,51,62,70H,13-21,27-31H2,1-4H3,(H,59,72)(H,60,74)(H,63,71)(H2,64,65,66,73)/t42-,47+,51?/m1/s1. The Labute approximate surface area is 449 Å². The van der Waals surface area contributed by atoms with Crippen LogP contribution in [0, 0.1) is 24.0 Å². The number of likely N-dealkylation sites (tertiary alicyclic amines) is 1. The van der Waals surface area contributed by atoms with Crippen LogP contribution in [0.1, 0.15) is 72.8 Å². The molecule has 9 rings (SSSR count). The largest absolute Gasteiger partial charge is 0.391 e. The number of fused-ring (bicyclic) bond motifs is 1. The lowest BCUT2D eigenvalue weighted by Crippen LogP contribution is -2.59. The van der Waals surface area contributed by atoms with Gasteiger partial charge in [0.05, 0.1) is 46.4 Å². The summed E-state index contributed by atoms with van der Waals surface area (Å²) in [5.41, 5.74) is 7.76. The molecule has 2 aromatic heterocycles. The molecule has 3 saturated heterocycles.